The van der Waals surface area contributed by atoms with Gasteiger partial charge in [0.25, 0.3) is 0 Å². The largest absolute Gasteiger partial charge is 0.338 e. The summed E-state index contributed by atoms with van der Waals surface area (Å²) in [4.78, 5) is 14.4. The number of nitrogens with one attached hydrogen (secondary N) is 2. The second kappa shape index (κ2) is 10.2. The van der Waals surface area contributed by atoms with Crippen molar-refractivity contribution in [1.29, 1.82) is 0 Å². The summed E-state index contributed by atoms with van der Waals surface area (Å²) in [6, 6.07) is 12.6. The molecule has 1 aliphatic heterocycles. The molecule has 2 aromatic carbocycles. The van der Waals surface area contributed by atoms with Crippen LogP contribution in [0, 0.1) is 17.6 Å². The zero-order valence-corrected chi connectivity index (χ0v) is 16.0. The van der Waals surface area contributed by atoms with E-state index in [4.69, 9.17) is 0 Å². The lowest BCUT2D eigenvalue weighted by Gasteiger charge is -2.32. The first kappa shape index (κ1) is 20.3. The Hall–Kier alpha value is -2.47. The first-order valence-electron chi connectivity index (χ1n) is 9.81. The molecule has 28 heavy (non-hydrogen) atoms. The average molecular weight is 387 g/mol. The molecule has 0 bridgehead atoms. The Morgan fingerprint density at radius 3 is 2.07 bits per heavy atom. The molecule has 150 valence electrons. The molecule has 3 rings (SSSR count). The summed E-state index contributed by atoms with van der Waals surface area (Å²) in [7, 11) is 0. The maximum Gasteiger partial charge on any atom is 0.315 e. The number of carbonyl (C=O) groups excluding carboxylic acids is 1. The van der Waals surface area contributed by atoms with Gasteiger partial charge < -0.3 is 15.5 Å². The van der Waals surface area contributed by atoms with Gasteiger partial charge in [0, 0.05) is 19.6 Å². The fraction of sp³-hybridized carbons (Fsp3) is 0.409. The first-order valence-corrected chi connectivity index (χ1v) is 9.81. The van der Waals surface area contributed by atoms with Crippen molar-refractivity contribution in [3.8, 4) is 0 Å². The topological polar surface area (TPSA) is 44.4 Å². The molecule has 0 spiro atoms. The standard InChI is InChI=1S/C22H27F2N3O/c23-20-5-1-17(2-6-20)9-12-27-13-10-19(11-14-27)16-26-22(28)25-15-18-3-7-21(24)8-4-18/h1-8,19H,9-16H2,(H2,25,26,28). The summed E-state index contributed by atoms with van der Waals surface area (Å²) >= 11 is 0. The molecule has 4 nitrogen and oxygen atoms in total. The van der Waals surface area contributed by atoms with Gasteiger partial charge in [-0.15, -0.1) is 0 Å². The zero-order valence-electron chi connectivity index (χ0n) is 16.0. The van der Waals surface area contributed by atoms with E-state index in [0.29, 0.717) is 19.0 Å². The Labute approximate surface area is 164 Å². The predicted octanol–water partition coefficient (Wildman–Crippen LogP) is 3.72. The predicted molar refractivity (Wildman–Crippen MR) is 106 cm³/mol. The van der Waals surface area contributed by atoms with Crippen LogP contribution in [-0.4, -0.2) is 37.1 Å². The van der Waals surface area contributed by atoms with E-state index in [0.717, 1.165) is 50.0 Å². The molecule has 0 aromatic heterocycles. The van der Waals surface area contributed by atoms with Crippen molar-refractivity contribution in [3.63, 3.8) is 0 Å². The molecular formula is C22H27F2N3O. The van der Waals surface area contributed by atoms with Gasteiger partial charge in [0.15, 0.2) is 0 Å². The van der Waals surface area contributed by atoms with E-state index in [1.54, 1.807) is 12.1 Å². The number of hydrogen-bond acceptors (Lipinski definition) is 2. The van der Waals surface area contributed by atoms with Gasteiger partial charge in [-0.25, -0.2) is 13.6 Å². The zero-order chi connectivity index (χ0) is 19.8. The van der Waals surface area contributed by atoms with Crippen LogP contribution in [0.25, 0.3) is 0 Å². The molecule has 6 heteroatoms. The Balaban J connectivity index is 1.29. The minimum absolute atomic E-state index is 0.192. The Morgan fingerprint density at radius 1 is 0.893 bits per heavy atom. The molecule has 0 atom stereocenters. The SMILES string of the molecule is O=C(NCc1ccc(F)cc1)NCC1CCN(CCc2ccc(F)cc2)CC1. The van der Waals surface area contributed by atoms with Crippen LogP contribution in [0.15, 0.2) is 48.5 Å². The summed E-state index contributed by atoms with van der Waals surface area (Å²) in [6.45, 7) is 4.06. The Kier molecular flexibility index (Phi) is 7.37. The highest BCUT2D eigenvalue weighted by molar-refractivity contribution is 5.73. The fourth-order valence-electron chi connectivity index (χ4n) is 3.44. The van der Waals surface area contributed by atoms with Crippen LogP contribution in [0.3, 0.4) is 0 Å². The lowest BCUT2D eigenvalue weighted by Crippen LogP contribution is -2.42. The van der Waals surface area contributed by atoms with Gasteiger partial charge in [0.05, 0.1) is 0 Å². The molecule has 1 aliphatic rings. The van der Waals surface area contributed by atoms with Gasteiger partial charge in [0.1, 0.15) is 11.6 Å². The number of piperidine rings is 1. The lowest BCUT2D eigenvalue weighted by atomic mass is 9.96. The third-order valence-electron chi connectivity index (χ3n) is 5.25. The van der Waals surface area contributed by atoms with Crippen molar-refractivity contribution in [2.45, 2.75) is 25.8 Å². The van der Waals surface area contributed by atoms with E-state index in [9.17, 15) is 13.6 Å². The van der Waals surface area contributed by atoms with Crippen LogP contribution in [0.5, 0.6) is 0 Å². The number of carbonyl (C=O) groups is 1. The van der Waals surface area contributed by atoms with Gasteiger partial charge in [-0.1, -0.05) is 24.3 Å². The second-order valence-electron chi connectivity index (χ2n) is 7.35. The number of nitrogens with zero attached hydrogens (tertiary/aromatic N) is 1. The molecule has 0 saturated carbocycles. The lowest BCUT2D eigenvalue weighted by molar-refractivity contribution is 0.183. The van der Waals surface area contributed by atoms with Crippen LogP contribution in [0.4, 0.5) is 13.6 Å². The normalized spacial score (nSPS) is 15.4. The summed E-state index contributed by atoms with van der Waals surface area (Å²) in [6.07, 6.45) is 3.04. The minimum Gasteiger partial charge on any atom is -0.338 e. The highest BCUT2D eigenvalue weighted by Gasteiger charge is 2.19. The van der Waals surface area contributed by atoms with E-state index in [1.807, 2.05) is 12.1 Å². The van der Waals surface area contributed by atoms with Gasteiger partial charge in [-0.05, 0) is 73.7 Å². The van der Waals surface area contributed by atoms with E-state index in [2.05, 4.69) is 15.5 Å². The number of halogens is 2. The smallest absolute Gasteiger partial charge is 0.315 e. The van der Waals surface area contributed by atoms with Crippen molar-refractivity contribution >= 4 is 6.03 Å². The van der Waals surface area contributed by atoms with E-state index < -0.39 is 0 Å². The highest BCUT2D eigenvalue weighted by Crippen LogP contribution is 2.17. The van der Waals surface area contributed by atoms with Gasteiger partial charge >= 0.3 is 6.03 Å². The molecule has 1 heterocycles. The van der Waals surface area contributed by atoms with Crippen molar-refractivity contribution in [2.75, 3.05) is 26.2 Å². The van der Waals surface area contributed by atoms with Gasteiger partial charge in [0.2, 0.25) is 0 Å². The maximum atomic E-state index is 12.9. The monoisotopic (exact) mass is 387 g/mol. The molecule has 0 unspecified atom stereocenters. The van der Waals surface area contributed by atoms with Crippen LogP contribution in [-0.2, 0) is 13.0 Å². The van der Waals surface area contributed by atoms with Crippen LogP contribution in [0.2, 0.25) is 0 Å². The number of benzene rings is 2. The fourth-order valence-corrected chi connectivity index (χ4v) is 3.44. The number of amides is 2. The molecule has 2 N–H and O–H groups in total. The van der Waals surface area contributed by atoms with Gasteiger partial charge in [-0.3, -0.25) is 0 Å². The van der Waals surface area contributed by atoms with E-state index >= 15 is 0 Å². The van der Waals surface area contributed by atoms with Crippen molar-refractivity contribution < 1.29 is 13.6 Å². The summed E-state index contributed by atoms with van der Waals surface area (Å²) in [5.41, 5.74) is 2.02. The molecule has 0 aliphatic carbocycles. The van der Waals surface area contributed by atoms with E-state index in [-0.39, 0.29) is 17.7 Å². The maximum absolute atomic E-state index is 12.9. The van der Waals surface area contributed by atoms with Gasteiger partial charge in [-0.2, -0.15) is 0 Å². The number of rotatable bonds is 7. The average Bonchev–Trinajstić information content (AvgIpc) is 2.72. The molecule has 2 amide bonds. The number of hydrogen-bond donors (Lipinski definition) is 2. The minimum atomic E-state index is -0.280. The second-order valence-corrected chi connectivity index (χ2v) is 7.35. The molecule has 1 saturated heterocycles. The quantitative estimate of drug-likeness (QED) is 0.761. The Bertz CT molecular complexity index is 741. The third-order valence-corrected chi connectivity index (χ3v) is 5.25. The summed E-state index contributed by atoms with van der Waals surface area (Å²) in [5, 5.41) is 5.73. The van der Waals surface area contributed by atoms with Crippen LogP contribution < -0.4 is 10.6 Å². The molecule has 2 aromatic rings. The summed E-state index contributed by atoms with van der Waals surface area (Å²) in [5.74, 6) is 0.00891. The molecular weight excluding hydrogens is 360 g/mol. The van der Waals surface area contributed by atoms with Crippen LogP contribution >= 0.6 is 0 Å². The third kappa shape index (κ3) is 6.60. The molecule has 1 fully saturated rings. The summed E-state index contributed by atoms with van der Waals surface area (Å²) < 4.78 is 25.8. The number of urea groups is 1. The molecule has 0 radical (unpaired) electrons. The van der Waals surface area contributed by atoms with E-state index in [1.165, 1.54) is 24.3 Å². The van der Waals surface area contributed by atoms with Crippen molar-refractivity contribution in [3.05, 3.63) is 71.3 Å². The Morgan fingerprint density at radius 2 is 1.46 bits per heavy atom. The van der Waals surface area contributed by atoms with Crippen molar-refractivity contribution in [1.82, 2.24) is 15.5 Å². The highest BCUT2D eigenvalue weighted by atomic mass is 19.1. The first-order chi connectivity index (χ1) is 13.6. The van der Waals surface area contributed by atoms with Crippen LogP contribution in [0.1, 0.15) is 24.0 Å². The number of likely N-dealkylation sites (tertiary alicyclic amines) is 1. The van der Waals surface area contributed by atoms with Crippen molar-refractivity contribution in [2.24, 2.45) is 5.92 Å².